The molecule has 1 aliphatic rings. The van der Waals surface area contributed by atoms with Gasteiger partial charge in [0.15, 0.2) is 0 Å². The molecule has 1 heterocycles. The normalized spacial score (nSPS) is 17.7. The van der Waals surface area contributed by atoms with E-state index in [0.717, 1.165) is 17.1 Å². The van der Waals surface area contributed by atoms with E-state index < -0.39 is 0 Å². The highest BCUT2D eigenvalue weighted by atomic mass is 16.6. The summed E-state index contributed by atoms with van der Waals surface area (Å²) in [6.07, 6.45) is -0.389. The van der Waals surface area contributed by atoms with Crippen molar-refractivity contribution in [2.45, 2.75) is 6.04 Å². The highest BCUT2D eigenvalue weighted by Crippen LogP contribution is 2.31. The predicted octanol–water partition coefficient (Wildman–Crippen LogP) is 3.26. The van der Waals surface area contributed by atoms with Crippen molar-refractivity contribution in [1.82, 2.24) is 5.32 Å². The minimum atomic E-state index is -0.389. The predicted molar refractivity (Wildman–Crippen MR) is 70.2 cm³/mol. The summed E-state index contributed by atoms with van der Waals surface area (Å²) in [6, 6.07) is 17.0. The van der Waals surface area contributed by atoms with Crippen molar-refractivity contribution in [2.24, 2.45) is 0 Å². The van der Waals surface area contributed by atoms with E-state index in [1.807, 2.05) is 54.6 Å². The van der Waals surface area contributed by atoms with Gasteiger partial charge in [0.1, 0.15) is 18.1 Å². The Bertz CT molecular complexity index is 583. The Labute approximate surface area is 111 Å². The van der Waals surface area contributed by atoms with E-state index in [4.69, 9.17) is 9.47 Å². The zero-order chi connectivity index (χ0) is 13.1. The van der Waals surface area contributed by atoms with Gasteiger partial charge < -0.3 is 14.8 Å². The Morgan fingerprint density at radius 1 is 1.05 bits per heavy atom. The van der Waals surface area contributed by atoms with Crippen molar-refractivity contribution < 1.29 is 14.3 Å². The van der Waals surface area contributed by atoms with Gasteiger partial charge in [-0.25, -0.2) is 4.79 Å². The number of carbonyl (C=O) groups excluding carboxylic acids is 1. The standard InChI is InChI=1S/C15H13NO3/c17-15-16-13(10-18-15)12-8-4-5-9-14(12)19-11-6-2-1-3-7-11/h1-9,13H,10H2,(H,16,17). The first-order valence-electron chi connectivity index (χ1n) is 6.08. The molecule has 0 aliphatic carbocycles. The van der Waals surface area contributed by atoms with Gasteiger partial charge in [0.05, 0.1) is 6.04 Å². The van der Waals surface area contributed by atoms with Crippen LogP contribution in [0.3, 0.4) is 0 Å². The Kier molecular flexibility index (Phi) is 3.06. The van der Waals surface area contributed by atoms with Crippen LogP contribution >= 0.6 is 0 Å². The lowest BCUT2D eigenvalue weighted by atomic mass is 10.1. The van der Waals surface area contributed by atoms with Crippen molar-refractivity contribution in [3.63, 3.8) is 0 Å². The summed E-state index contributed by atoms with van der Waals surface area (Å²) < 4.78 is 10.8. The monoisotopic (exact) mass is 255 g/mol. The molecule has 1 aliphatic heterocycles. The van der Waals surface area contributed by atoms with Gasteiger partial charge in [0.25, 0.3) is 0 Å². The molecule has 0 saturated carbocycles. The van der Waals surface area contributed by atoms with Crippen molar-refractivity contribution >= 4 is 6.09 Å². The molecule has 0 radical (unpaired) electrons. The SMILES string of the molecule is O=C1NC(c2ccccc2Oc2ccccc2)CO1. The molecule has 19 heavy (non-hydrogen) atoms. The van der Waals surface area contributed by atoms with Gasteiger partial charge in [0, 0.05) is 5.56 Å². The van der Waals surface area contributed by atoms with Crippen LogP contribution < -0.4 is 10.1 Å². The van der Waals surface area contributed by atoms with Gasteiger partial charge in [0.2, 0.25) is 0 Å². The molecule has 2 aromatic rings. The number of nitrogens with one attached hydrogen (secondary N) is 1. The number of amides is 1. The fourth-order valence-electron chi connectivity index (χ4n) is 2.03. The number of hydrogen-bond acceptors (Lipinski definition) is 3. The minimum absolute atomic E-state index is 0.160. The summed E-state index contributed by atoms with van der Waals surface area (Å²) in [5.41, 5.74) is 0.914. The number of benzene rings is 2. The molecule has 96 valence electrons. The first kappa shape index (κ1) is 11.6. The summed E-state index contributed by atoms with van der Waals surface area (Å²) in [6.45, 7) is 0.327. The maximum absolute atomic E-state index is 11.1. The van der Waals surface area contributed by atoms with Crippen LogP contribution in [0.5, 0.6) is 11.5 Å². The average molecular weight is 255 g/mol. The van der Waals surface area contributed by atoms with Crippen molar-refractivity contribution in [3.05, 3.63) is 60.2 Å². The minimum Gasteiger partial charge on any atom is -0.457 e. The second-order valence-electron chi connectivity index (χ2n) is 4.25. The van der Waals surface area contributed by atoms with E-state index in [1.165, 1.54) is 0 Å². The molecule has 1 amide bonds. The number of carbonyl (C=O) groups is 1. The smallest absolute Gasteiger partial charge is 0.407 e. The number of alkyl carbamates (subject to hydrolysis) is 1. The van der Waals surface area contributed by atoms with Crippen LogP contribution in [0, 0.1) is 0 Å². The molecule has 3 rings (SSSR count). The first-order chi connectivity index (χ1) is 9.33. The fourth-order valence-corrected chi connectivity index (χ4v) is 2.03. The summed E-state index contributed by atoms with van der Waals surface area (Å²) in [5, 5.41) is 2.76. The van der Waals surface area contributed by atoms with Crippen molar-refractivity contribution in [2.75, 3.05) is 6.61 Å². The third kappa shape index (κ3) is 2.52. The van der Waals surface area contributed by atoms with Crippen LogP contribution in [0.4, 0.5) is 4.79 Å². The Morgan fingerprint density at radius 3 is 2.53 bits per heavy atom. The molecule has 1 atom stereocenters. The zero-order valence-electron chi connectivity index (χ0n) is 10.2. The molecule has 0 bridgehead atoms. The number of hydrogen-bond donors (Lipinski definition) is 1. The highest BCUT2D eigenvalue weighted by Gasteiger charge is 2.26. The number of cyclic esters (lactones) is 1. The average Bonchev–Trinajstić information content (AvgIpc) is 2.87. The molecule has 4 heteroatoms. The molecule has 4 nitrogen and oxygen atoms in total. The number of ether oxygens (including phenoxy) is 2. The van der Waals surface area contributed by atoms with Crippen molar-refractivity contribution in [1.29, 1.82) is 0 Å². The highest BCUT2D eigenvalue weighted by molar-refractivity contribution is 5.70. The zero-order valence-corrected chi connectivity index (χ0v) is 10.2. The van der Waals surface area contributed by atoms with Gasteiger partial charge >= 0.3 is 6.09 Å². The molecular formula is C15H13NO3. The molecule has 1 fully saturated rings. The number of para-hydroxylation sites is 2. The largest absolute Gasteiger partial charge is 0.457 e. The van der Waals surface area contributed by atoms with E-state index in [9.17, 15) is 4.79 Å². The summed E-state index contributed by atoms with van der Waals surface area (Å²) in [5.74, 6) is 1.49. The lowest BCUT2D eigenvalue weighted by molar-refractivity contribution is 0.177. The summed E-state index contributed by atoms with van der Waals surface area (Å²) in [4.78, 5) is 11.1. The third-order valence-corrected chi connectivity index (χ3v) is 2.94. The van der Waals surface area contributed by atoms with E-state index >= 15 is 0 Å². The molecule has 2 aromatic carbocycles. The molecule has 1 saturated heterocycles. The van der Waals surface area contributed by atoms with Gasteiger partial charge in [-0.1, -0.05) is 36.4 Å². The van der Waals surface area contributed by atoms with Gasteiger partial charge in [-0.15, -0.1) is 0 Å². The molecule has 0 aromatic heterocycles. The van der Waals surface area contributed by atoms with Crippen LogP contribution in [0.25, 0.3) is 0 Å². The van der Waals surface area contributed by atoms with E-state index in [1.54, 1.807) is 0 Å². The molecule has 1 N–H and O–H groups in total. The van der Waals surface area contributed by atoms with Gasteiger partial charge in [-0.2, -0.15) is 0 Å². The molecular weight excluding hydrogens is 242 g/mol. The Hall–Kier alpha value is -2.49. The fraction of sp³-hybridized carbons (Fsp3) is 0.133. The first-order valence-corrected chi connectivity index (χ1v) is 6.08. The summed E-state index contributed by atoms with van der Waals surface area (Å²) >= 11 is 0. The van der Waals surface area contributed by atoms with Crippen LogP contribution in [-0.2, 0) is 4.74 Å². The van der Waals surface area contributed by atoms with Crippen LogP contribution in [0.15, 0.2) is 54.6 Å². The van der Waals surface area contributed by atoms with Gasteiger partial charge in [-0.3, -0.25) is 0 Å². The maximum atomic E-state index is 11.1. The summed E-state index contributed by atoms with van der Waals surface area (Å²) in [7, 11) is 0. The third-order valence-electron chi connectivity index (χ3n) is 2.94. The molecule has 0 spiro atoms. The van der Waals surface area contributed by atoms with Crippen LogP contribution in [0.1, 0.15) is 11.6 Å². The van der Waals surface area contributed by atoms with Crippen LogP contribution in [-0.4, -0.2) is 12.7 Å². The quantitative estimate of drug-likeness (QED) is 0.915. The second kappa shape index (κ2) is 5.02. The second-order valence-corrected chi connectivity index (χ2v) is 4.25. The Balaban J connectivity index is 1.87. The topological polar surface area (TPSA) is 47.6 Å². The van der Waals surface area contributed by atoms with Gasteiger partial charge in [-0.05, 0) is 18.2 Å². The number of rotatable bonds is 3. The van der Waals surface area contributed by atoms with E-state index in [-0.39, 0.29) is 12.1 Å². The van der Waals surface area contributed by atoms with E-state index in [0.29, 0.717) is 6.61 Å². The van der Waals surface area contributed by atoms with Crippen LogP contribution in [0.2, 0.25) is 0 Å². The lowest BCUT2D eigenvalue weighted by Crippen LogP contribution is -2.18. The lowest BCUT2D eigenvalue weighted by Gasteiger charge is -2.14. The van der Waals surface area contributed by atoms with E-state index in [2.05, 4.69) is 5.32 Å². The molecule has 1 unspecified atom stereocenters. The Morgan fingerprint density at radius 2 is 1.79 bits per heavy atom. The maximum Gasteiger partial charge on any atom is 0.407 e. The van der Waals surface area contributed by atoms with Crippen molar-refractivity contribution in [3.8, 4) is 11.5 Å².